The first kappa shape index (κ1) is 29.8. The summed E-state index contributed by atoms with van der Waals surface area (Å²) in [6.07, 6.45) is 9.07. The smallest absolute Gasteiger partial charge is 0.162 e. The second kappa shape index (κ2) is 14.4. The Morgan fingerprint density at radius 2 is 0.947 bits per heavy atom. The van der Waals surface area contributed by atoms with Crippen molar-refractivity contribution in [2.75, 3.05) is 23.0 Å². The van der Waals surface area contributed by atoms with Crippen LogP contribution in [0.2, 0.25) is 0 Å². The predicted octanol–water partition coefficient (Wildman–Crippen LogP) is 7.90. The van der Waals surface area contributed by atoms with Crippen molar-refractivity contribution in [1.82, 2.24) is 0 Å². The molecule has 1 heterocycles. The number of nitrogens with zero attached hydrogens (tertiary/aromatic N) is 2. The third kappa shape index (κ3) is 7.21. The summed E-state index contributed by atoms with van der Waals surface area (Å²) in [5, 5.41) is 20.9. The zero-order valence-corrected chi connectivity index (χ0v) is 24.4. The molecule has 0 aromatic heterocycles. The topological polar surface area (TPSA) is 65.4 Å². The van der Waals surface area contributed by atoms with Gasteiger partial charge in [0.05, 0.1) is 13.2 Å². The van der Waals surface area contributed by atoms with Crippen LogP contribution in [-0.2, 0) is 0 Å². The van der Waals surface area contributed by atoms with Crippen molar-refractivity contribution in [2.45, 2.75) is 117 Å². The van der Waals surface area contributed by atoms with Crippen LogP contribution in [0, 0.1) is 0 Å². The van der Waals surface area contributed by atoms with E-state index in [0.717, 1.165) is 37.1 Å². The second-order valence-corrected chi connectivity index (χ2v) is 10.9. The van der Waals surface area contributed by atoms with Gasteiger partial charge in [0.1, 0.15) is 0 Å². The molecule has 3 rings (SSSR count). The van der Waals surface area contributed by atoms with Crippen molar-refractivity contribution in [3.8, 4) is 23.0 Å². The van der Waals surface area contributed by atoms with Crippen molar-refractivity contribution >= 4 is 11.4 Å². The summed E-state index contributed by atoms with van der Waals surface area (Å²) in [5.74, 6) is 1.49. The molecule has 2 aromatic rings. The molecule has 0 bridgehead atoms. The van der Waals surface area contributed by atoms with E-state index < -0.39 is 0 Å². The van der Waals surface area contributed by atoms with Crippen LogP contribution in [0.1, 0.15) is 92.9 Å². The molecule has 38 heavy (non-hydrogen) atoms. The minimum absolute atomic E-state index is 0.190. The quantitative estimate of drug-likeness (QED) is 0.244. The highest BCUT2D eigenvalue weighted by Crippen LogP contribution is 2.40. The summed E-state index contributed by atoms with van der Waals surface area (Å²) in [4.78, 5) is 4.89. The summed E-state index contributed by atoms with van der Waals surface area (Å²) < 4.78 is 12.0. The number of unbranched alkanes of at least 4 members (excludes halogenated alkanes) is 6. The third-order valence-corrected chi connectivity index (χ3v) is 8.15. The molecule has 212 valence electrons. The van der Waals surface area contributed by atoms with Gasteiger partial charge >= 0.3 is 0 Å². The van der Waals surface area contributed by atoms with E-state index >= 15 is 0 Å². The fourth-order valence-electron chi connectivity index (χ4n) is 5.59. The summed E-state index contributed by atoms with van der Waals surface area (Å²) in [6.45, 7) is 14.6. The maximum absolute atomic E-state index is 10.4. The lowest BCUT2D eigenvalue weighted by Gasteiger charge is -2.55. The van der Waals surface area contributed by atoms with Crippen LogP contribution in [0.15, 0.2) is 36.4 Å². The number of aromatic hydroxyl groups is 2. The lowest BCUT2D eigenvalue weighted by molar-refractivity contribution is 0.288. The van der Waals surface area contributed by atoms with Crippen molar-refractivity contribution in [1.29, 1.82) is 0 Å². The monoisotopic (exact) mass is 526 g/mol. The van der Waals surface area contributed by atoms with Gasteiger partial charge in [-0.15, -0.1) is 0 Å². The molecule has 1 aliphatic rings. The molecular formula is C32H50N2O4. The molecule has 0 aliphatic carbocycles. The van der Waals surface area contributed by atoms with Crippen molar-refractivity contribution in [2.24, 2.45) is 0 Å². The lowest BCUT2D eigenvalue weighted by atomic mass is 9.92. The van der Waals surface area contributed by atoms with E-state index in [4.69, 9.17) is 9.47 Å². The van der Waals surface area contributed by atoms with E-state index in [9.17, 15) is 10.2 Å². The van der Waals surface area contributed by atoms with Gasteiger partial charge in [0.15, 0.2) is 23.0 Å². The predicted molar refractivity (Wildman–Crippen MR) is 158 cm³/mol. The molecule has 1 fully saturated rings. The Labute approximate surface area is 230 Å². The Morgan fingerprint density at radius 1 is 0.579 bits per heavy atom. The molecule has 1 aliphatic heterocycles. The first-order valence-corrected chi connectivity index (χ1v) is 14.8. The van der Waals surface area contributed by atoms with Crippen LogP contribution >= 0.6 is 0 Å². The van der Waals surface area contributed by atoms with Gasteiger partial charge < -0.3 is 29.5 Å². The molecule has 2 N–H and O–H groups in total. The molecular weight excluding hydrogens is 476 g/mol. The fraction of sp³-hybridized carbons (Fsp3) is 0.625. The van der Waals surface area contributed by atoms with Crippen molar-refractivity contribution < 1.29 is 19.7 Å². The van der Waals surface area contributed by atoms with E-state index in [1.165, 1.54) is 25.7 Å². The summed E-state index contributed by atoms with van der Waals surface area (Å²) in [7, 11) is 0. The van der Waals surface area contributed by atoms with E-state index in [2.05, 4.69) is 51.3 Å². The van der Waals surface area contributed by atoms with Crippen LogP contribution < -0.4 is 19.3 Å². The van der Waals surface area contributed by atoms with Gasteiger partial charge in [0.25, 0.3) is 0 Å². The normalized spacial score (nSPS) is 21.5. The van der Waals surface area contributed by atoms with Gasteiger partial charge in [0.2, 0.25) is 0 Å². The van der Waals surface area contributed by atoms with Crippen LogP contribution in [0.25, 0.3) is 0 Å². The summed E-state index contributed by atoms with van der Waals surface area (Å²) >= 11 is 0. The van der Waals surface area contributed by atoms with Gasteiger partial charge in [0, 0.05) is 47.7 Å². The number of benzene rings is 2. The fourth-order valence-corrected chi connectivity index (χ4v) is 5.59. The molecule has 0 amide bonds. The molecule has 4 atom stereocenters. The molecule has 1 saturated heterocycles. The molecule has 0 spiro atoms. The molecule has 0 radical (unpaired) electrons. The SMILES string of the molecule is CCCCCCOc1cc(N2C(C)C(C)N(c3ccc(O)c(OCCCCCC)c3)C(C)C2C)ccc1O. The van der Waals surface area contributed by atoms with E-state index in [0.29, 0.717) is 24.7 Å². The van der Waals surface area contributed by atoms with Crippen LogP contribution in [0.4, 0.5) is 11.4 Å². The van der Waals surface area contributed by atoms with Crippen molar-refractivity contribution in [3.63, 3.8) is 0 Å². The second-order valence-electron chi connectivity index (χ2n) is 10.9. The van der Waals surface area contributed by atoms with Gasteiger partial charge in [-0.2, -0.15) is 0 Å². The van der Waals surface area contributed by atoms with Crippen LogP contribution in [0.3, 0.4) is 0 Å². The maximum atomic E-state index is 10.4. The largest absolute Gasteiger partial charge is 0.504 e. The Balaban J connectivity index is 1.76. The molecule has 6 nitrogen and oxygen atoms in total. The van der Waals surface area contributed by atoms with Gasteiger partial charge in [-0.05, 0) is 64.8 Å². The highest BCUT2D eigenvalue weighted by Gasteiger charge is 2.40. The van der Waals surface area contributed by atoms with E-state index in [1.54, 1.807) is 12.1 Å². The molecule has 6 heteroatoms. The highest BCUT2D eigenvalue weighted by molar-refractivity contribution is 5.62. The Hall–Kier alpha value is -2.76. The Morgan fingerprint density at radius 3 is 1.29 bits per heavy atom. The summed E-state index contributed by atoms with van der Waals surface area (Å²) in [5.41, 5.74) is 2.12. The van der Waals surface area contributed by atoms with E-state index in [-0.39, 0.29) is 35.7 Å². The standard InChI is InChI=1S/C32H50N2O4/c1-7-9-11-13-19-37-31-21-27(15-17-29(31)35)33-23(3)25(5)34(26(6)24(33)4)28-16-18-30(36)32(22-28)38-20-14-12-10-8-2/h15-18,21-26,35-36H,7-14,19-20H2,1-6H3. The lowest BCUT2D eigenvalue weighted by Crippen LogP contribution is -2.66. The average molecular weight is 527 g/mol. The number of phenolic OH excluding ortho intramolecular Hbond substituents is 2. The van der Waals surface area contributed by atoms with E-state index in [1.807, 2.05) is 24.3 Å². The number of anilines is 2. The minimum atomic E-state index is 0.190. The van der Waals surface area contributed by atoms with Crippen molar-refractivity contribution in [3.05, 3.63) is 36.4 Å². The Kier molecular flexibility index (Phi) is 11.3. The number of ether oxygens (including phenoxy) is 2. The molecule has 0 saturated carbocycles. The van der Waals surface area contributed by atoms with Crippen LogP contribution in [0.5, 0.6) is 23.0 Å². The van der Waals surface area contributed by atoms with Gasteiger partial charge in [-0.3, -0.25) is 0 Å². The third-order valence-electron chi connectivity index (χ3n) is 8.15. The Bertz CT molecular complexity index is 902. The zero-order chi connectivity index (χ0) is 27.7. The number of piperazine rings is 1. The number of hydrogen-bond donors (Lipinski definition) is 2. The number of phenols is 2. The minimum Gasteiger partial charge on any atom is -0.504 e. The first-order valence-electron chi connectivity index (χ1n) is 14.8. The van der Waals surface area contributed by atoms with Crippen LogP contribution in [-0.4, -0.2) is 47.6 Å². The van der Waals surface area contributed by atoms with Gasteiger partial charge in [-0.25, -0.2) is 0 Å². The average Bonchev–Trinajstić information content (AvgIpc) is 2.90. The molecule has 2 aromatic carbocycles. The summed E-state index contributed by atoms with van der Waals surface area (Å²) in [6, 6.07) is 12.3. The molecule has 4 unspecified atom stereocenters. The maximum Gasteiger partial charge on any atom is 0.162 e. The first-order chi connectivity index (χ1) is 18.3. The highest BCUT2D eigenvalue weighted by atomic mass is 16.5. The number of rotatable bonds is 14. The zero-order valence-electron chi connectivity index (χ0n) is 24.4. The van der Waals surface area contributed by atoms with Gasteiger partial charge in [-0.1, -0.05) is 52.4 Å². The number of hydrogen-bond acceptors (Lipinski definition) is 6.